The van der Waals surface area contributed by atoms with Gasteiger partial charge in [0.15, 0.2) is 0 Å². The maximum Gasteiger partial charge on any atom is 0.330 e. The Hall–Kier alpha value is -1.57. The van der Waals surface area contributed by atoms with Crippen LogP contribution in [0, 0.1) is 0 Å². The van der Waals surface area contributed by atoms with E-state index in [0.29, 0.717) is 6.61 Å². The van der Waals surface area contributed by atoms with Crippen molar-refractivity contribution in [3.05, 3.63) is 41.0 Å². The fourth-order valence-electron chi connectivity index (χ4n) is 2.32. The summed E-state index contributed by atoms with van der Waals surface area (Å²) in [6.07, 6.45) is 8.21. The number of carbonyl (C=O) groups excluding carboxylic acids is 1. The fraction of sp³-hybridized carbons (Fsp3) is 0.400. The molecule has 90 valence electrons. The highest BCUT2D eigenvalue weighted by Crippen LogP contribution is 2.25. The molecule has 2 rings (SSSR count). The van der Waals surface area contributed by atoms with Crippen LogP contribution in [0.4, 0.5) is 0 Å². The average molecular weight is 230 g/mol. The quantitative estimate of drug-likeness (QED) is 0.589. The molecule has 0 fully saturated rings. The summed E-state index contributed by atoms with van der Waals surface area (Å²) >= 11 is 0. The average Bonchev–Trinajstić information content (AvgIpc) is 2.36. The predicted molar refractivity (Wildman–Crippen MR) is 68.8 cm³/mol. The molecule has 0 amide bonds. The maximum atomic E-state index is 11.3. The highest BCUT2D eigenvalue weighted by atomic mass is 16.5. The molecule has 0 saturated heterocycles. The van der Waals surface area contributed by atoms with E-state index in [-0.39, 0.29) is 5.97 Å². The van der Waals surface area contributed by atoms with Crippen molar-refractivity contribution in [1.29, 1.82) is 0 Å². The molecule has 0 radical (unpaired) electrons. The second-order valence-corrected chi connectivity index (χ2v) is 4.28. The Morgan fingerprint density at radius 1 is 1.35 bits per heavy atom. The summed E-state index contributed by atoms with van der Waals surface area (Å²) in [5, 5.41) is 0. The number of fused-ring (bicyclic) bond motifs is 1. The van der Waals surface area contributed by atoms with Crippen LogP contribution < -0.4 is 0 Å². The van der Waals surface area contributed by atoms with Gasteiger partial charge in [-0.1, -0.05) is 18.2 Å². The smallest absolute Gasteiger partial charge is 0.330 e. The molecular formula is C15H18O2. The summed E-state index contributed by atoms with van der Waals surface area (Å²) in [6, 6.07) is 6.32. The van der Waals surface area contributed by atoms with E-state index in [9.17, 15) is 4.79 Å². The van der Waals surface area contributed by atoms with Gasteiger partial charge in [-0.05, 0) is 55.4 Å². The molecule has 2 nitrogen and oxygen atoms in total. The molecule has 0 N–H and O–H groups in total. The third-order valence-corrected chi connectivity index (χ3v) is 3.12. The molecular weight excluding hydrogens is 212 g/mol. The number of hydrogen-bond donors (Lipinski definition) is 0. The largest absolute Gasteiger partial charge is 0.463 e. The lowest BCUT2D eigenvalue weighted by Crippen LogP contribution is -2.04. The zero-order valence-electron chi connectivity index (χ0n) is 10.2. The van der Waals surface area contributed by atoms with E-state index in [1.165, 1.54) is 30.0 Å². The zero-order chi connectivity index (χ0) is 12.1. The molecule has 0 bridgehead atoms. The van der Waals surface area contributed by atoms with E-state index in [4.69, 9.17) is 4.74 Å². The van der Waals surface area contributed by atoms with Gasteiger partial charge in [-0.25, -0.2) is 4.79 Å². The lowest BCUT2D eigenvalue weighted by molar-refractivity contribution is -0.137. The highest BCUT2D eigenvalue weighted by Gasteiger charge is 2.11. The van der Waals surface area contributed by atoms with Crippen LogP contribution in [-0.2, 0) is 22.4 Å². The van der Waals surface area contributed by atoms with Crippen LogP contribution in [0.3, 0.4) is 0 Å². The summed E-state index contributed by atoms with van der Waals surface area (Å²) in [7, 11) is 0. The van der Waals surface area contributed by atoms with E-state index < -0.39 is 0 Å². The first-order valence-corrected chi connectivity index (χ1v) is 6.27. The number of esters is 1. The molecule has 0 unspecified atom stereocenters. The fourth-order valence-corrected chi connectivity index (χ4v) is 2.32. The van der Waals surface area contributed by atoms with Crippen LogP contribution in [0.25, 0.3) is 6.08 Å². The van der Waals surface area contributed by atoms with Gasteiger partial charge in [-0.3, -0.25) is 0 Å². The molecule has 17 heavy (non-hydrogen) atoms. The monoisotopic (exact) mass is 230 g/mol. The molecule has 1 aromatic rings. The number of rotatable bonds is 3. The van der Waals surface area contributed by atoms with Gasteiger partial charge in [0.25, 0.3) is 0 Å². The minimum Gasteiger partial charge on any atom is -0.463 e. The molecule has 0 atom stereocenters. The van der Waals surface area contributed by atoms with E-state index >= 15 is 0 Å². The van der Waals surface area contributed by atoms with Crippen molar-refractivity contribution < 1.29 is 9.53 Å². The molecule has 0 aliphatic heterocycles. The zero-order valence-corrected chi connectivity index (χ0v) is 10.2. The summed E-state index contributed by atoms with van der Waals surface area (Å²) in [4.78, 5) is 11.3. The summed E-state index contributed by atoms with van der Waals surface area (Å²) in [5.74, 6) is -0.263. The van der Waals surface area contributed by atoms with Crippen LogP contribution in [0.15, 0.2) is 24.3 Å². The number of aryl methyl sites for hydroxylation is 1. The van der Waals surface area contributed by atoms with Crippen LogP contribution in [0.1, 0.15) is 36.5 Å². The molecule has 0 heterocycles. The topological polar surface area (TPSA) is 26.3 Å². The lowest BCUT2D eigenvalue weighted by atomic mass is 9.88. The first-order valence-electron chi connectivity index (χ1n) is 6.27. The second-order valence-electron chi connectivity index (χ2n) is 4.28. The van der Waals surface area contributed by atoms with Crippen molar-refractivity contribution >= 4 is 12.0 Å². The summed E-state index contributed by atoms with van der Waals surface area (Å²) < 4.78 is 4.88. The second kappa shape index (κ2) is 5.67. The lowest BCUT2D eigenvalue weighted by Gasteiger charge is -2.17. The minimum absolute atomic E-state index is 0.263. The summed E-state index contributed by atoms with van der Waals surface area (Å²) in [6.45, 7) is 2.24. The Labute approximate surface area is 102 Å². The van der Waals surface area contributed by atoms with E-state index in [1.54, 1.807) is 0 Å². The van der Waals surface area contributed by atoms with Crippen molar-refractivity contribution in [2.45, 2.75) is 32.6 Å². The van der Waals surface area contributed by atoms with E-state index in [1.807, 2.05) is 13.0 Å². The number of hydrogen-bond acceptors (Lipinski definition) is 2. The van der Waals surface area contributed by atoms with Crippen molar-refractivity contribution in [3.8, 4) is 0 Å². The van der Waals surface area contributed by atoms with Gasteiger partial charge < -0.3 is 4.74 Å². The van der Waals surface area contributed by atoms with Crippen molar-refractivity contribution in [2.75, 3.05) is 6.61 Å². The van der Waals surface area contributed by atoms with Gasteiger partial charge in [0, 0.05) is 6.08 Å². The normalized spacial score (nSPS) is 14.6. The Balaban J connectivity index is 2.18. The molecule has 0 aromatic heterocycles. The third-order valence-electron chi connectivity index (χ3n) is 3.12. The van der Waals surface area contributed by atoms with Gasteiger partial charge in [-0.2, -0.15) is 0 Å². The van der Waals surface area contributed by atoms with Crippen LogP contribution >= 0.6 is 0 Å². The molecule has 0 spiro atoms. The van der Waals surface area contributed by atoms with Crippen LogP contribution in [0.5, 0.6) is 0 Å². The van der Waals surface area contributed by atoms with Crippen molar-refractivity contribution in [1.82, 2.24) is 0 Å². The molecule has 0 saturated carbocycles. The predicted octanol–water partition coefficient (Wildman–Crippen LogP) is 3.14. The standard InChI is InChI=1S/C15H18O2/c1-2-17-15(16)11-10-13-8-5-7-12-6-3-4-9-14(12)13/h5,7-8,10-11H,2-4,6,9H2,1H3. The molecule has 2 heteroatoms. The van der Waals surface area contributed by atoms with Crippen molar-refractivity contribution in [2.24, 2.45) is 0 Å². The molecule has 1 aliphatic rings. The SMILES string of the molecule is CCOC(=O)C=Cc1cccc2c1CCCC2. The van der Waals surface area contributed by atoms with Crippen LogP contribution in [0.2, 0.25) is 0 Å². The van der Waals surface area contributed by atoms with Gasteiger partial charge in [0.2, 0.25) is 0 Å². The van der Waals surface area contributed by atoms with E-state index in [0.717, 1.165) is 18.4 Å². The first-order chi connectivity index (χ1) is 8.31. The third kappa shape index (κ3) is 2.96. The van der Waals surface area contributed by atoms with Gasteiger partial charge >= 0.3 is 5.97 Å². The molecule has 1 aliphatic carbocycles. The Morgan fingerprint density at radius 2 is 2.18 bits per heavy atom. The number of benzene rings is 1. The Kier molecular flexibility index (Phi) is 3.97. The van der Waals surface area contributed by atoms with Gasteiger partial charge in [0.05, 0.1) is 6.61 Å². The summed E-state index contributed by atoms with van der Waals surface area (Å²) in [5.41, 5.74) is 4.00. The van der Waals surface area contributed by atoms with E-state index in [2.05, 4.69) is 18.2 Å². The maximum absolute atomic E-state index is 11.3. The minimum atomic E-state index is -0.263. The van der Waals surface area contributed by atoms with Gasteiger partial charge in [-0.15, -0.1) is 0 Å². The first kappa shape index (κ1) is 11.9. The van der Waals surface area contributed by atoms with Crippen molar-refractivity contribution in [3.63, 3.8) is 0 Å². The highest BCUT2D eigenvalue weighted by molar-refractivity contribution is 5.87. The number of carbonyl (C=O) groups is 1. The number of ether oxygens (including phenoxy) is 1. The Morgan fingerprint density at radius 3 is 3.00 bits per heavy atom. The molecule has 1 aromatic carbocycles. The van der Waals surface area contributed by atoms with Gasteiger partial charge in [0.1, 0.15) is 0 Å². The van der Waals surface area contributed by atoms with Crippen LogP contribution in [-0.4, -0.2) is 12.6 Å². The Bertz CT molecular complexity index is 433.